The van der Waals surface area contributed by atoms with Gasteiger partial charge in [-0.1, -0.05) is 6.92 Å². The Morgan fingerprint density at radius 3 is 2.47 bits per heavy atom. The molecule has 0 aliphatic heterocycles. The molecule has 0 spiro atoms. The second kappa shape index (κ2) is 8.22. The Morgan fingerprint density at radius 1 is 1.41 bits per heavy atom. The summed E-state index contributed by atoms with van der Waals surface area (Å²) >= 11 is 1.74. The summed E-state index contributed by atoms with van der Waals surface area (Å²) in [5.74, 6) is -0.441. The van der Waals surface area contributed by atoms with Crippen molar-refractivity contribution in [2.24, 2.45) is 5.92 Å². The van der Waals surface area contributed by atoms with Gasteiger partial charge < -0.3 is 15.3 Å². The number of hydrogen-bond donors (Lipinski definition) is 2. The van der Waals surface area contributed by atoms with Crippen LogP contribution in [0.4, 0.5) is 4.79 Å². The number of rotatable bonds is 7. The summed E-state index contributed by atoms with van der Waals surface area (Å²) in [6, 6.07) is -0.107. The van der Waals surface area contributed by atoms with Crippen molar-refractivity contribution >= 4 is 23.8 Å². The van der Waals surface area contributed by atoms with Crippen LogP contribution in [0.3, 0.4) is 0 Å². The summed E-state index contributed by atoms with van der Waals surface area (Å²) in [4.78, 5) is 23.8. The number of urea groups is 1. The predicted octanol–water partition coefficient (Wildman–Crippen LogP) is 1.49. The SMILES string of the molecule is CSCCC(C)NC(=O)N(C)CC(C)C(=O)O. The van der Waals surface area contributed by atoms with E-state index in [1.807, 2.05) is 13.2 Å². The zero-order chi connectivity index (χ0) is 13.4. The molecule has 0 aliphatic carbocycles. The second-order valence-corrected chi connectivity index (χ2v) is 5.24. The molecule has 0 radical (unpaired) electrons. The van der Waals surface area contributed by atoms with Gasteiger partial charge in [-0.15, -0.1) is 0 Å². The summed E-state index contributed by atoms with van der Waals surface area (Å²) in [6.07, 6.45) is 2.93. The van der Waals surface area contributed by atoms with Gasteiger partial charge in [-0.2, -0.15) is 11.8 Å². The predicted molar refractivity (Wildman–Crippen MR) is 70.4 cm³/mol. The highest BCUT2D eigenvalue weighted by Crippen LogP contribution is 2.02. The lowest BCUT2D eigenvalue weighted by atomic mass is 10.2. The van der Waals surface area contributed by atoms with Crippen molar-refractivity contribution < 1.29 is 14.7 Å². The zero-order valence-electron chi connectivity index (χ0n) is 10.9. The van der Waals surface area contributed by atoms with E-state index in [1.165, 1.54) is 4.90 Å². The molecule has 0 aromatic carbocycles. The number of amides is 2. The Kier molecular flexibility index (Phi) is 7.78. The van der Waals surface area contributed by atoms with E-state index in [4.69, 9.17) is 5.11 Å². The van der Waals surface area contributed by atoms with Crippen molar-refractivity contribution in [3.05, 3.63) is 0 Å². The first-order valence-electron chi connectivity index (χ1n) is 5.61. The van der Waals surface area contributed by atoms with Gasteiger partial charge in [-0.3, -0.25) is 4.79 Å². The van der Waals surface area contributed by atoms with Crippen LogP contribution < -0.4 is 5.32 Å². The van der Waals surface area contributed by atoms with Crippen LogP contribution in [0.15, 0.2) is 0 Å². The van der Waals surface area contributed by atoms with Gasteiger partial charge in [-0.05, 0) is 25.4 Å². The number of thioether (sulfide) groups is 1. The highest BCUT2D eigenvalue weighted by Gasteiger charge is 2.18. The molecule has 0 aromatic heterocycles. The minimum absolute atomic E-state index is 0.109. The van der Waals surface area contributed by atoms with Crippen molar-refractivity contribution in [3.8, 4) is 0 Å². The number of carbonyl (C=O) groups is 2. The molecule has 0 saturated carbocycles. The van der Waals surface area contributed by atoms with Gasteiger partial charge in [0.1, 0.15) is 0 Å². The summed E-state index contributed by atoms with van der Waals surface area (Å²) in [5, 5.41) is 11.6. The van der Waals surface area contributed by atoms with Gasteiger partial charge in [0, 0.05) is 19.6 Å². The summed E-state index contributed by atoms with van der Waals surface area (Å²) in [5.41, 5.74) is 0. The highest BCUT2D eigenvalue weighted by atomic mass is 32.2. The molecule has 0 rings (SSSR count). The Labute approximate surface area is 107 Å². The van der Waals surface area contributed by atoms with Crippen molar-refractivity contribution in [3.63, 3.8) is 0 Å². The minimum atomic E-state index is -0.889. The molecule has 0 bridgehead atoms. The average molecular weight is 262 g/mol. The van der Waals surface area contributed by atoms with Crippen LogP contribution >= 0.6 is 11.8 Å². The smallest absolute Gasteiger partial charge is 0.317 e. The maximum Gasteiger partial charge on any atom is 0.317 e. The molecule has 5 nitrogen and oxygen atoms in total. The fraction of sp³-hybridized carbons (Fsp3) is 0.818. The van der Waals surface area contributed by atoms with E-state index in [-0.39, 0.29) is 18.6 Å². The second-order valence-electron chi connectivity index (χ2n) is 4.25. The molecule has 0 heterocycles. The van der Waals surface area contributed by atoms with Gasteiger partial charge in [0.25, 0.3) is 0 Å². The average Bonchev–Trinajstić information content (AvgIpc) is 2.25. The van der Waals surface area contributed by atoms with E-state index in [0.29, 0.717) is 0 Å². The van der Waals surface area contributed by atoms with E-state index in [9.17, 15) is 9.59 Å². The van der Waals surface area contributed by atoms with Gasteiger partial charge >= 0.3 is 12.0 Å². The number of carbonyl (C=O) groups excluding carboxylic acids is 1. The standard InChI is InChI=1S/C11H22N2O3S/c1-8(10(14)15)7-13(3)11(16)12-9(2)5-6-17-4/h8-9H,5-7H2,1-4H3,(H,12,16)(H,14,15). The summed E-state index contributed by atoms with van der Waals surface area (Å²) < 4.78 is 0. The number of nitrogens with zero attached hydrogens (tertiary/aromatic N) is 1. The van der Waals surface area contributed by atoms with Crippen molar-refractivity contribution in [1.29, 1.82) is 0 Å². The first kappa shape index (κ1) is 16.1. The lowest BCUT2D eigenvalue weighted by molar-refractivity contribution is -0.141. The van der Waals surface area contributed by atoms with Crippen LogP contribution in [0.2, 0.25) is 0 Å². The molecule has 0 saturated heterocycles. The Hall–Kier alpha value is -0.910. The van der Waals surface area contributed by atoms with Crippen LogP contribution in [0.1, 0.15) is 20.3 Å². The molecule has 0 fully saturated rings. The summed E-state index contributed by atoms with van der Waals surface area (Å²) in [7, 11) is 1.61. The van der Waals surface area contributed by atoms with E-state index in [2.05, 4.69) is 5.32 Å². The molecule has 100 valence electrons. The third kappa shape index (κ3) is 7.10. The normalized spacial score (nSPS) is 13.9. The molecular formula is C11H22N2O3S. The molecule has 2 atom stereocenters. The summed E-state index contributed by atoms with van der Waals surface area (Å²) in [6.45, 7) is 3.75. The van der Waals surface area contributed by atoms with E-state index < -0.39 is 11.9 Å². The first-order chi connectivity index (χ1) is 7.88. The Morgan fingerprint density at radius 2 is 2.00 bits per heavy atom. The van der Waals surface area contributed by atoms with Gasteiger partial charge in [0.05, 0.1) is 5.92 Å². The van der Waals surface area contributed by atoms with Crippen LogP contribution in [0.5, 0.6) is 0 Å². The van der Waals surface area contributed by atoms with Crippen molar-refractivity contribution in [1.82, 2.24) is 10.2 Å². The minimum Gasteiger partial charge on any atom is -0.481 e. The molecule has 6 heteroatoms. The highest BCUT2D eigenvalue weighted by molar-refractivity contribution is 7.98. The maximum absolute atomic E-state index is 11.7. The molecular weight excluding hydrogens is 240 g/mol. The quantitative estimate of drug-likeness (QED) is 0.729. The van der Waals surface area contributed by atoms with Crippen LogP contribution in [-0.4, -0.2) is 53.6 Å². The molecule has 0 aliphatic rings. The van der Waals surface area contributed by atoms with E-state index in [1.54, 1.807) is 25.7 Å². The lowest BCUT2D eigenvalue weighted by Gasteiger charge is -2.22. The lowest BCUT2D eigenvalue weighted by Crippen LogP contribution is -2.44. The number of aliphatic carboxylic acids is 1. The van der Waals surface area contributed by atoms with Crippen LogP contribution in [-0.2, 0) is 4.79 Å². The first-order valence-corrected chi connectivity index (χ1v) is 7.01. The fourth-order valence-electron chi connectivity index (χ4n) is 1.26. The topological polar surface area (TPSA) is 69.6 Å². The zero-order valence-corrected chi connectivity index (χ0v) is 11.7. The number of carboxylic acids is 1. The van der Waals surface area contributed by atoms with E-state index >= 15 is 0 Å². The van der Waals surface area contributed by atoms with E-state index in [0.717, 1.165) is 12.2 Å². The third-order valence-electron chi connectivity index (χ3n) is 2.44. The molecule has 17 heavy (non-hydrogen) atoms. The monoisotopic (exact) mass is 262 g/mol. The molecule has 0 aromatic rings. The Bertz CT molecular complexity index is 261. The maximum atomic E-state index is 11.7. The number of hydrogen-bond acceptors (Lipinski definition) is 3. The van der Waals surface area contributed by atoms with Gasteiger partial charge in [-0.25, -0.2) is 4.79 Å². The largest absolute Gasteiger partial charge is 0.481 e. The van der Waals surface area contributed by atoms with Crippen molar-refractivity contribution in [2.45, 2.75) is 26.3 Å². The molecule has 2 N–H and O–H groups in total. The fourth-order valence-corrected chi connectivity index (χ4v) is 1.85. The van der Waals surface area contributed by atoms with Crippen molar-refractivity contribution in [2.75, 3.05) is 25.6 Å². The van der Waals surface area contributed by atoms with Gasteiger partial charge in [0.2, 0.25) is 0 Å². The van der Waals surface area contributed by atoms with Gasteiger partial charge in [0.15, 0.2) is 0 Å². The molecule has 2 amide bonds. The van der Waals surface area contributed by atoms with Crippen LogP contribution in [0, 0.1) is 5.92 Å². The molecule has 2 unspecified atom stereocenters. The van der Waals surface area contributed by atoms with Crippen LogP contribution in [0.25, 0.3) is 0 Å². The number of carboxylic acid groups (broad SMARTS) is 1. The third-order valence-corrected chi connectivity index (χ3v) is 3.08. The number of nitrogens with one attached hydrogen (secondary N) is 1. The Balaban J connectivity index is 4.00.